The van der Waals surface area contributed by atoms with E-state index >= 15 is 0 Å². The Labute approximate surface area is 619 Å². The maximum Gasteiger partial charge on any atom is 0.410 e. The minimum absolute atomic E-state index is 0. The SMILES string of the molecule is CC(C)(C)OC(=O)N1CCC[C@H]1C=O.CCN(CC)C(=O)c1ccc(N)c(Oc2ccccc2)c1.CCN(CC)C(=O)c1ccc([N+](=O)[O-])c(F)c1.CCN(CC)C(=O)c1ccc([N+](=O)[O-])c(Oc2ccccc2)c1.CCNCC.CO.O=C(O)c1ccc([N+](=O)[O-])c(F)c1.Oc1ccccc1.[CH3-].[Pd]. The molecule has 104 heavy (non-hydrogen) atoms. The Balaban J connectivity index is 0. The third kappa shape index (κ3) is 33.8. The van der Waals surface area contributed by atoms with Crippen LogP contribution >= 0.6 is 0 Å². The number of anilines is 1. The quantitative estimate of drug-likeness (QED) is 0.0118. The minimum Gasteiger partial charge on any atom is -0.508 e. The van der Waals surface area contributed by atoms with E-state index in [4.69, 9.17) is 35.3 Å². The number of nitro groups is 3. The van der Waals surface area contributed by atoms with Crippen molar-refractivity contribution >= 4 is 58.8 Å². The maximum atomic E-state index is 13.3. The maximum absolute atomic E-state index is 13.3. The fourth-order valence-electron chi connectivity index (χ4n) is 8.68. The zero-order valence-corrected chi connectivity index (χ0v) is 62.3. The number of carboxylic acids is 1. The number of nitrogens with zero attached hydrogens (tertiary/aromatic N) is 7. The van der Waals surface area contributed by atoms with Crippen LogP contribution in [0.2, 0.25) is 0 Å². The van der Waals surface area contributed by atoms with Gasteiger partial charge in [-0.05, 0) is 173 Å². The molecule has 27 nitrogen and oxygen atoms in total. The number of nitrogen functional groups attached to an aromatic ring is 1. The molecule has 8 rings (SSSR count). The number of aliphatic hydroxyl groups excluding tert-OH is 1. The van der Waals surface area contributed by atoms with Gasteiger partial charge in [0.15, 0.2) is 5.75 Å². The number of likely N-dealkylation sites (tertiary alicyclic amines) is 1. The van der Waals surface area contributed by atoms with Gasteiger partial charge < -0.3 is 67.5 Å². The van der Waals surface area contributed by atoms with Crippen LogP contribution in [0.15, 0.2) is 164 Å². The number of amides is 4. The summed E-state index contributed by atoms with van der Waals surface area (Å²) in [5, 5.41) is 58.9. The number of nitrogens with one attached hydrogen (secondary N) is 1. The average Bonchev–Trinajstić information content (AvgIpc) is 1.08. The first kappa shape index (κ1) is 95.3. The number of aromatic carboxylic acids is 1. The number of aliphatic hydroxyl groups is 1. The molecule has 6 N–H and O–H groups in total. The number of ether oxygens (including phenoxy) is 3. The van der Waals surface area contributed by atoms with E-state index in [1.54, 1.807) is 76.5 Å². The largest absolute Gasteiger partial charge is 0.508 e. The average molecular weight is 1540 g/mol. The topological polar surface area (TPSA) is 371 Å². The number of aldehydes is 1. The van der Waals surface area contributed by atoms with Crippen LogP contribution < -0.4 is 20.5 Å². The van der Waals surface area contributed by atoms with E-state index in [1.807, 2.05) is 105 Å². The molecule has 1 aliphatic heterocycles. The standard InChI is InChI=1S/C17H18N2O4.C17H20N2O2.C11H13FN2O3.C10H17NO3.C7H4FNO4.C6H6O.C4H11N.CH4O.CH3.Pd/c1-3-18(4-2)17(20)13-10-11-15(19(21)22)16(12-13)23-14-8-6-5-7-9-14;1-3-19(4-2)17(20)13-10-11-15(18)16(12-13)21-14-8-6-5-7-9-14;1-3-13(4-2)11(15)8-5-6-10(14(16)17)9(12)7-8;1-10(2,3)14-9(13)11-6-4-5-8(11)7-12;8-5-3-4(7(10)11)1-2-6(5)9(12)13;7-6-4-2-1-3-5-6;1-3-5-4-2;1-2;;/h5-12H,3-4H2,1-2H3;5-12H,3-4,18H2,1-2H3;5-7H,3-4H2,1-2H3;7-8H,4-6H2,1-3H3;1-3H,(H,10,11);1-5,7H;5H,3-4H2,1-2H3;2H,1H3;1H3;/q;;;;;;;;-1;/t;;;8-;;;;;;/m...0....../s1. The van der Waals surface area contributed by atoms with E-state index < -0.39 is 49.3 Å². The number of carboxylic acid groups (broad SMARTS) is 1. The first-order chi connectivity index (χ1) is 48.5. The van der Waals surface area contributed by atoms with Crippen molar-refractivity contribution in [2.24, 2.45) is 0 Å². The molecule has 0 bridgehead atoms. The third-order valence-corrected chi connectivity index (χ3v) is 13.9. The monoisotopic (exact) mass is 1540 g/mol. The van der Waals surface area contributed by atoms with E-state index in [1.165, 1.54) is 34.1 Å². The van der Waals surface area contributed by atoms with Crippen LogP contribution in [-0.4, -0.2) is 163 Å². The third-order valence-electron chi connectivity index (χ3n) is 13.9. The zero-order valence-electron chi connectivity index (χ0n) is 60.8. The number of aromatic hydroxyl groups is 1. The van der Waals surface area contributed by atoms with Gasteiger partial charge in [-0.1, -0.05) is 68.4 Å². The van der Waals surface area contributed by atoms with E-state index in [9.17, 15) is 67.9 Å². The number of hydrogen-bond donors (Lipinski definition) is 5. The second-order valence-corrected chi connectivity index (χ2v) is 21.9. The number of rotatable bonds is 20. The molecule has 0 radical (unpaired) electrons. The molecular formula is C74H96F2N9O18Pd-. The number of hydrogen-bond acceptors (Lipinski definition) is 19. The van der Waals surface area contributed by atoms with Crippen molar-refractivity contribution in [3.8, 4) is 28.7 Å². The number of nitro benzene ring substituents is 3. The van der Waals surface area contributed by atoms with E-state index in [-0.39, 0.29) is 80.3 Å². The predicted molar refractivity (Wildman–Crippen MR) is 391 cm³/mol. The number of benzene rings is 7. The van der Waals surface area contributed by atoms with Gasteiger partial charge in [0.2, 0.25) is 17.4 Å². The Morgan fingerprint density at radius 3 is 1.24 bits per heavy atom. The van der Waals surface area contributed by atoms with Crippen molar-refractivity contribution in [2.75, 3.05) is 71.7 Å². The van der Waals surface area contributed by atoms with Crippen molar-refractivity contribution in [2.45, 2.75) is 101 Å². The number of para-hydroxylation sites is 3. The molecule has 1 aliphatic rings. The first-order valence-corrected chi connectivity index (χ1v) is 32.5. The molecule has 7 aromatic rings. The molecule has 1 atom stereocenters. The summed E-state index contributed by atoms with van der Waals surface area (Å²) in [6.07, 6.45) is 2.06. The second kappa shape index (κ2) is 51.4. The molecule has 0 aliphatic carbocycles. The van der Waals surface area contributed by atoms with Crippen molar-refractivity contribution in [3.05, 3.63) is 235 Å². The van der Waals surface area contributed by atoms with Gasteiger partial charge >= 0.3 is 29.1 Å². The molecule has 0 saturated carbocycles. The fraction of sp³-hybridized carbons (Fsp3) is 0.338. The molecule has 0 spiro atoms. The zero-order chi connectivity index (χ0) is 77.1. The Kier molecular flexibility index (Phi) is 47.0. The predicted octanol–water partition coefficient (Wildman–Crippen LogP) is 14.7. The van der Waals surface area contributed by atoms with E-state index in [0.29, 0.717) is 91.7 Å². The van der Waals surface area contributed by atoms with Gasteiger partial charge in [-0.2, -0.15) is 8.78 Å². The second-order valence-electron chi connectivity index (χ2n) is 21.9. The Bertz CT molecular complexity index is 3750. The van der Waals surface area contributed by atoms with E-state index in [2.05, 4.69) is 19.2 Å². The summed E-state index contributed by atoms with van der Waals surface area (Å²) in [5.41, 5.74) is 5.17. The summed E-state index contributed by atoms with van der Waals surface area (Å²) in [4.78, 5) is 105. The summed E-state index contributed by atoms with van der Waals surface area (Å²) < 4.78 is 42.6. The number of carbonyl (C=O) groups excluding carboxylic acids is 5. The Hall–Kier alpha value is -10.8. The van der Waals surface area contributed by atoms with Crippen LogP contribution in [0.4, 0.5) is 36.3 Å². The molecule has 7 aromatic carbocycles. The van der Waals surface area contributed by atoms with Crippen LogP contribution in [0.1, 0.15) is 130 Å². The number of phenolic OH excluding ortho intramolecular Hbond substituents is 1. The van der Waals surface area contributed by atoms with Crippen molar-refractivity contribution in [3.63, 3.8) is 0 Å². The van der Waals surface area contributed by atoms with Gasteiger partial charge in [-0.25, -0.2) is 9.59 Å². The van der Waals surface area contributed by atoms with Crippen LogP contribution in [0.5, 0.6) is 28.7 Å². The Morgan fingerprint density at radius 2 is 0.913 bits per heavy atom. The van der Waals surface area contributed by atoms with Gasteiger partial charge in [0.1, 0.15) is 29.1 Å². The normalized spacial score (nSPS) is 11.2. The van der Waals surface area contributed by atoms with Crippen molar-refractivity contribution in [1.82, 2.24) is 24.9 Å². The summed E-state index contributed by atoms with van der Waals surface area (Å²) in [6.45, 7) is 27.3. The van der Waals surface area contributed by atoms with Crippen molar-refractivity contribution in [1.29, 1.82) is 0 Å². The Morgan fingerprint density at radius 1 is 0.567 bits per heavy atom. The number of carbonyl (C=O) groups is 6. The molecule has 0 aromatic heterocycles. The molecular weight excluding hydrogens is 1450 g/mol. The minimum atomic E-state index is -1.33. The number of halogens is 2. The number of nitrogens with two attached hydrogens (primary N) is 1. The summed E-state index contributed by atoms with van der Waals surface area (Å²) in [6, 6.07) is 41.4. The molecule has 30 heteroatoms. The van der Waals surface area contributed by atoms with Gasteiger partial charge in [-0.3, -0.25) is 49.6 Å². The molecule has 1 fully saturated rings. The van der Waals surface area contributed by atoms with Crippen LogP contribution in [0, 0.1) is 49.4 Å². The summed E-state index contributed by atoms with van der Waals surface area (Å²) >= 11 is 0. The van der Waals surface area contributed by atoms with Crippen LogP contribution in [-0.2, 0) is 30.0 Å². The molecule has 0 unspecified atom stereocenters. The fourth-order valence-corrected chi connectivity index (χ4v) is 8.68. The van der Waals surface area contributed by atoms with Gasteiger partial charge in [0.05, 0.1) is 32.1 Å². The molecule has 4 amide bonds. The smallest absolute Gasteiger partial charge is 0.410 e. The van der Waals surface area contributed by atoms with Crippen molar-refractivity contribution < 1.29 is 102 Å². The molecule has 1 heterocycles. The van der Waals surface area contributed by atoms with Gasteiger partial charge in [0.25, 0.3) is 17.7 Å². The number of phenols is 1. The van der Waals surface area contributed by atoms with Crippen LogP contribution in [0.25, 0.3) is 0 Å². The molecule has 570 valence electrons. The van der Waals surface area contributed by atoms with Gasteiger partial charge in [-0.15, -0.1) is 0 Å². The summed E-state index contributed by atoms with van der Waals surface area (Å²) in [5.74, 6) is -1.95. The molecule has 1 saturated heterocycles. The van der Waals surface area contributed by atoms with Gasteiger partial charge in [0, 0.05) is 114 Å². The van der Waals surface area contributed by atoms with Crippen LogP contribution in [0.3, 0.4) is 0 Å². The van der Waals surface area contributed by atoms with E-state index in [0.717, 1.165) is 63.6 Å². The first-order valence-electron chi connectivity index (χ1n) is 32.5. The summed E-state index contributed by atoms with van der Waals surface area (Å²) in [7, 11) is 1.00.